The lowest BCUT2D eigenvalue weighted by Crippen LogP contribution is -2.52. The second-order valence-electron chi connectivity index (χ2n) is 6.15. The van der Waals surface area contributed by atoms with Gasteiger partial charge >= 0.3 is 0 Å². The van der Waals surface area contributed by atoms with E-state index in [1.54, 1.807) is 17.0 Å². The van der Waals surface area contributed by atoms with E-state index in [4.69, 9.17) is 4.74 Å². The molecule has 2 atom stereocenters. The maximum Gasteiger partial charge on any atom is 0.254 e. The zero-order valence-corrected chi connectivity index (χ0v) is 14.1. The number of nitriles is 1. The van der Waals surface area contributed by atoms with Crippen molar-refractivity contribution in [3.05, 3.63) is 59.7 Å². The standard InChI is InChI=1S/C20H20N2O3/c1-14-13-25-16(12-23)11-22(14)20(24)19-9-5-4-8-18(19)17-7-3-2-6-15(17)10-21/h2-9,14,16,23H,11-13H2,1H3. The third-order valence-corrected chi connectivity index (χ3v) is 4.47. The van der Waals surface area contributed by atoms with E-state index >= 15 is 0 Å². The fourth-order valence-corrected chi connectivity index (χ4v) is 3.09. The lowest BCUT2D eigenvalue weighted by Gasteiger charge is -2.37. The summed E-state index contributed by atoms with van der Waals surface area (Å²) in [6, 6.07) is 16.7. The zero-order valence-electron chi connectivity index (χ0n) is 14.1. The highest BCUT2D eigenvalue weighted by atomic mass is 16.5. The molecule has 1 aliphatic heterocycles. The number of hydrogen-bond acceptors (Lipinski definition) is 4. The van der Waals surface area contributed by atoms with Gasteiger partial charge in [0.15, 0.2) is 0 Å². The molecule has 1 heterocycles. The fourth-order valence-electron chi connectivity index (χ4n) is 3.09. The summed E-state index contributed by atoms with van der Waals surface area (Å²) in [5.74, 6) is -0.113. The van der Waals surface area contributed by atoms with Gasteiger partial charge in [-0.15, -0.1) is 0 Å². The molecule has 128 valence electrons. The summed E-state index contributed by atoms with van der Waals surface area (Å²) in [5, 5.41) is 18.7. The van der Waals surface area contributed by atoms with Gasteiger partial charge in [-0.25, -0.2) is 0 Å². The SMILES string of the molecule is CC1COC(CO)CN1C(=O)c1ccccc1-c1ccccc1C#N. The Bertz CT molecular complexity index is 813. The van der Waals surface area contributed by atoms with Crippen LogP contribution in [0.4, 0.5) is 0 Å². The molecule has 2 unspecified atom stereocenters. The van der Waals surface area contributed by atoms with Crippen molar-refractivity contribution in [2.24, 2.45) is 0 Å². The predicted molar refractivity (Wildman–Crippen MR) is 93.9 cm³/mol. The van der Waals surface area contributed by atoms with Crippen LogP contribution in [-0.2, 0) is 4.74 Å². The lowest BCUT2D eigenvalue weighted by molar-refractivity contribution is -0.0667. The molecular formula is C20H20N2O3. The van der Waals surface area contributed by atoms with Crippen LogP contribution in [0.1, 0.15) is 22.8 Å². The van der Waals surface area contributed by atoms with Gasteiger partial charge in [0, 0.05) is 17.7 Å². The van der Waals surface area contributed by atoms with E-state index in [9.17, 15) is 15.2 Å². The fraction of sp³-hybridized carbons (Fsp3) is 0.300. The summed E-state index contributed by atoms with van der Waals surface area (Å²) in [6.45, 7) is 2.56. The van der Waals surface area contributed by atoms with Gasteiger partial charge < -0.3 is 14.7 Å². The van der Waals surface area contributed by atoms with Crippen LogP contribution in [0.15, 0.2) is 48.5 Å². The molecule has 0 radical (unpaired) electrons. The van der Waals surface area contributed by atoms with Crippen molar-refractivity contribution >= 4 is 5.91 Å². The number of morpholine rings is 1. The van der Waals surface area contributed by atoms with Crippen molar-refractivity contribution < 1.29 is 14.6 Å². The van der Waals surface area contributed by atoms with E-state index < -0.39 is 0 Å². The third kappa shape index (κ3) is 3.41. The first-order valence-electron chi connectivity index (χ1n) is 8.27. The Morgan fingerprint density at radius 2 is 1.92 bits per heavy atom. The van der Waals surface area contributed by atoms with Gasteiger partial charge in [0.1, 0.15) is 0 Å². The van der Waals surface area contributed by atoms with E-state index in [0.29, 0.717) is 24.3 Å². The minimum Gasteiger partial charge on any atom is -0.394 e. The maximum absolute atomic E-state index is 13.2. The molecule has 0 saturated carbocycles. The summed E-state index contributed by atoms with van der Waals surface area (Å²) in [5.41, 5.74) is 2.57. The van der Waals surface area contributed by atoms with Crippen LogP contribution < -0.4 is 0 Å². The van der Waals surface area contributed by atoms with Crippen molar-refractivity contribution in [1.82, 2.24) is 4.90 Å². The molecule has 5 heteroatoms. The molecule has 0 spiro atoms. The molecule has 3 rings (SSSR count). The Hall–Kier alpha value is -2.68. The number of carbonyl (C=O) groups is 1. The van der Waals surface area contributed by atoms with Gasteiger partial charge in [-0.2, -0.15) is 5.26 Å². The summed E-state index contributed by atoms with van der Waals surface area (Å²) >= 11 is 0. The van der Waals surface area contributed by atoms with Crippen LogP contribution >= 0.6 is 0 Å². The largest absolute Gasteiger partial charge is 0.394 e. The molecular weight excluding hydrogens is 316 g/mol. The molecule has 2 aromatic rings. The van der Waals surface area contributed by atoms with Gasteiger partial charge in [-0.3, -0.25) is 4.79 Å². The van der Waals surface area contributed by atoms with Crippen LogP contribution in [0.2, 0.25) is 0 Å². The first-order valence-corrected chi connectivity index (χ1v) is 8.27. The summed E-state index contributed by atoms with van der Waals surface area (Å²) in [6.07, 6.45) is -0.362. The Morgan fingerprint density at radius 3 is 2.64 bits per heavy atom. The lowest BCUT2D eigenvalue weighted by atomic mass is 9.95. The molecule has 1 fully saturated rings. The predicted octanol–water partition coefficient (Wildman–Crippen LogP) is 2.45. The molecule has 5 nitrogen and oxygen atoms in total. The number of rotatable bonds is 3. The second-order valence-corrected chi connectivity index (χ2v) is 6.15. The number of hydrogen-bond donors (Lipinski definition) is 1. The quantitative estimate of drug-likeness (QED) is 0.934. The highest BCUT2D eigenvalue weighted by Crippen LogP contribution is 2.28. The molecule has 1 saturated heterocycles. The average Bonchev–Trinajstić information content (AvgIpc) is 2.68. The first kappa shape index (κ1) is 17.2. The Labute approximate surface area is 147 Å². The highest BCUT2D eigenvalue weighted by Gasteiger charge is 2.31. The molecule has 2 aromatic carbocycles. The molecule has 1 amide bonds. The van der Waals surface area contributed by atoms with Crippen molar-refractivity contribution in [1.29, 1.82) is 5.26 Å². The number of aliphatic hydroxyl groups excluding tert-OH is 1. The molecule has 1 N–H and O–H groups in total. The smallest absolute Gasteiger partial charge is 0.254 e. The van der Waals surface area contributed by atoms with E-state index in [1.807, 2.05) is 43.3 Å². The van der Waals surface area contributed by atoms with E-state index in [1.165, 1.54) is 0 Å². The van der Waals surface area contributed by atoms with Gasteiger partial charge in [0.25, 0.3) is 5.91 Å². The average molecular weight is 336 g/mol. The molecule has 0 aromatic heterocycles. The summed E-state index contributed by atoms with van der Waals surface area (Å²) in [7, 11) is 0. The van der Waals surface area contributed by atoms with Crippen molar-refractivity contribution in [2.45, 2.75) is 19.1 Å². The molecule has 0 bridgehead atoms. The summed E-state index contributed by atoms with van der Waals surface area (Å²) in [4.78, 5) is 14.9. The number of aliphatic hydroxyl groups is 1. The Kier molecular flexibility index (Phi) is 5.13. The van der Waals surface area contributed by atoms with Crippen LogP contribution in [0.25, 0.3) is 11.1 Å². The maximum atomic E-state index is 13.2. The normalized spacial score (nSPS) is 20.1. The number of amides is 1. The van der Waals surface area contributed by atoms with Gasteiger partial charge in [-0.05, 0) is 24.6 Å². The third-order valence-electron chi connectivity index (χ3n) is 4.47. The first-order chi connectivity index (χ1) is 12.2. The molecule has 0 aliphatic carbocycles. The van der Waals surface area contributed by atoms with E-state index in [2.05, 4.69) is 6.07 Å². The topological polar surface area (TPSA) is 73.6 Å². The molecule has 25 heavy (non-hydrogen) atoms. The van der Waals surface area contributed by atoms with Crippen LogP contribution in [-0.4, -0.2) is 47.8 Å². The number of ether oxygens (including phenoxy) is 1. The number of nitrogens with zero attached hydrogens (tertiary/aromatic N) is 2. The highest BCUT2D eigenvalue weighted by molar-refractivity contribution is 6.01. The van der Waals surface area contributed by atoms with Crippen LogP contribution in [0, 0.1) is 11.3 Å². The van der Waals surface area contributed by atoms with Gasteiger partial charge in [-0.1, -0.05) is 36.4 Å². The van der Waals surface area contributed by atoms with E-state index in [-0.39, 0.29) is 24.7 Å². The van der Waals surface area contributed by atoms with Crippen molar-refractivity contribution in [3.8, 4) is 17.2 Å². The van der Waals surface area contributed by atoms with Crippen molar-refractivity contribution in [2.75, 3.05) is 19.8 Å². The van der Waals surface area contributed by atoms with Gasteiger partial charge in [0.2, 0.25) is 0 Å². The summed E-state index contributed by atoms with van der Waals surface area (Å²) < 4.78 is 5.52. The van der Waals surface area contributed by atoms with Crippen LogP contribution in [0.5, 0.6) is 0 Å². The molecule has 1 aliphatic rings. The number of benzene rings is 2. The van der Waals surface area contributed by atoms with Gasteiger partial charge in [0.05, 0.1) is 37.0 Å². The Morgan fingerprint density at radius 1 is 1.24 bits per heavy atom. The minimum atomic E-state index is -0.362. The second kappa shape index (κ2) is 7.47. The number of carbonyl (C=O) groups excluding carboxylic acids is 1. The monoisotopic (exact) mass is 336 g/mol. The van der Waals surface area contributed by atoms with Crippen molar-refractivity contribution in [3.63, 3.8) is 0 Å². The van der Waals surface area contributed by atoms with E-state index in [0.717, 1.165) is 11.1 Å². The Balaban J connectivity index is 2.01. The van der Waals surface area contributed by atoms with Crippen LogP contribution in [0.3, 0.4) is 0 Å². The minimum absolute atomic E-state index is 0.0745. The zero-order chi connectivity index (χ0) is 17.8.